The molecule has 0 radical (unpaired) electrons. The summed E-state index contributed by atoms with van der Waals surface area (Å²) in [7, 11) is 0. The van der Waals surface area contributed by atoms with Gasteiger partial charge >= 0.3 is 5.97 Å². The van der Waals surface area contributed by atoms with Gasteiger partial charge in [-0.25, -0.2) is 0 Å². The highest BCUT2D eigenvalue weighted by molar-refractivity contribution is 5.76. The lowest BCUT2D eigenvalue weighted by Gasteiger charge is -2.29. The number of esters is 1. The van der Waals surface area contributed by atoms with E-state index in [2.05, 4.69) is 5.32 Å². The second kappa shape index (κ2) is 3.22. The van der Waals surface area contributed by atoms with Crippen LogP contribution in [0, 0.1) is 5.92 Å². The topological polar surface area (TPSA) is 38.3 Å². The summed E-state index contributed by atoms with van der Waals surface area (Å²) in [5.74, 6) is 0.198. The van der Waals surface area contributed by atoms with Crippen molar-refractivity contribution in [3.63, 3.8) is 0 Å². The van der Waals surface area contributed by atoms with Crippen LogP contribution in [0.4, 0.5) is 0 Å². The second-order valence-electron chi connectivity index (χ2n) is 3.42. The molecule has 0 aromatic rings. The fraction of sp³-hybridized carbons (Fsp3) is 0.875. The number of carbonyl (C=O) groups excluding carboxylic acids is 1. The van der Waals surface area contributed by atoms with E-state index in [0.29, 0.717) is 18.6 Å². The van der Waals surface area contributed by atoms with E-state index >= 15 is 0 Å². The van der Waals surface area contributed by atoms with Crippen LogP contribution in [0.5, 0.6) is 0 Å². The molecule has 1 aliphatic heterocycles. The van der Waals surface area contributed by atoms with Crippen LogP contribution in [-0.4, -0.2) is 24.7 Å². The first kappa shape index (κ1) is 8.53. The molecule has 0 aromatic carbocycles. The molecule has 0 bridgehead atoms. The molecule has 1 heterocycles. The summed E-state index contributed by atoms with van der Waals surface area (Å²) in [6, 6.07) is 0.179. The van der Waals surface area contributed by atoms with Crippen LogP contribution in [-0.2, 0) is 9.53 Å². The van der Waals surface area contributed by atoms with Gasteiger partial charge < -0.3 is 4.74 Å². The van der Waals surface area contributed by atoms with Gasteiger partial charge in [0.2, 0.25) is 0 Å². The Labute approximate surface area is 67.1 Å². The molecule has 0 aliphatic carbocycles. The Balaban J connectivity index is 2.54. The average Bonchev–Trinajstić information content (AvgIpc) is 1.94. The summed E-state index contributed by atoms with van der Waals surface area (Å²) >= 11 is 0. The zero-order valence-electron chi connectivity index (χ0n) is 7.26. The van der Waals surface area contributed by atoms with Gasteiger partial charge in [0.25, 0.3) is 0 Å². The summed E-state index contributed by atoms with van der Waals surface area (Å²) in [5, 5.41) is 3.19. The van der Waals surface area contributed by atoms with E-state index in [1.165, 1.54) is 0 Å². The molecule has 64 valence electrons. The van der Waals surface area contributed by atoms with Crippen molar-refractivity contribution in [2.75, 3.05) is 6.61 Å². The second-order valence-corrected chi connectivity index (χ2v) is 3.42. The summed E-state index contributed by atoms with van der Waals surface area (Å²) in [4.78, 5) is 11.1. The minimum Gasteiger partial charge on any atom is -0.463 e. The molecule has 1 rings (SSSR count). The summed E-state index contributed by atoms with van der Waals surface area (Å²) in [5.41, 5.74) is 0. The number of ether oxygens (including phenoxy) is 1. The standard InChI is InChI=1S/C8H15NO2/c1-5(2)7-8(10)11-4-6(3)9-7/h5-7,9H,4H2,1-3H3. The van der Waals surface area contributed by atoms with Gasteiger partial charge in [-0.05, 0) is 12.8 Å². The maximum absolute atomic E-state index is 11.1. The number of morpholine rings is 1. The first-order valence-corrected chi connectivity index (χ1v) is 4.04. The molecule has 1 saturated heterocycles. The molecule has 0 saturated carbocycles. The van der Waals surface area contributed by atoms with Crippen LogP contribution in [0.25, 0.3) is 0 Å². The Kier molecular flexibility index (Phi) is 2.49. The minimum atomic E-state index is -0.113. The van der Waals surface area contributed by atoms with E-state index in [0.717, 1.165) is 0 Å². The van der Waals surface area contributed by atoms with Crippen molar-refractivity contribution in [2.45, 2.75) is 32.9 Å². The van der Waals surface area contributed by atoms with Crippen molar-refractivity contribution < 1.29 is 9.53 Å². The first-order chi connectivity index (χ1) is 5.11. The lowest BCUT2D eigenvalue weighted by atomic mass is 10.0. The first-order valence-electron chi connectivity index (χ1n) is 4.04. The number of hydrogen-bond donors (Lipinski definition) is 1. The van der Waals surface area contributed by atoms with Gasteiger partial charge in [-0.2, -0.15) is 0 Å². The van der Waals surface area contributed by atoms with Crippen LogP contribution in [0.1, 0.15) is 20.8 Å². The molecule has 1 aliphatic rings. The maximum atomic E-state index is 11.1. The monoisotopic (exact) mass is 157 g/mol. The summed E-state index contributed by atoms with van der Waals surface area (Å²) < 4.78 is 4.96. The molecule has 3 nitrogen and oxygen atoms in total. The fourth-order valence-corrected chi connectivity index (χ4v) is 1.18. The van der Waals surface area contributed by atoms with Gasteiger partial charge in [0.05, 0.1) is 0 Å². The maximum Gasteiger partial charge on any atom is 0.323 e. The Hall–Kier alpha value is -0.570. The van der Waals surface area contributed by atoms with Gasteiger partial charge in [0.15, 0.2) is 0 Å². The fourth-order valence-electron chi connectivity index (χ4n) is 1.18. The van der Waals surface area contributed by atoms with E-state index in [9.17, 15) is 4.79 Å². The van der Waals surface area contributed by atoms with Gasteiger partial charge in [0, 0.05) is 6.04 Å². The van der Waals surface area contributed by atoms with Crippen molar-refractivity contribution >= 4 is 5.97 Å². The van der Waals surface area contributed by atoms with Crippen LogP contribution in [0.2, 0.25) is 0 Å². The molecule has 0 spiro atoms. The number of carbonyl (C=O) groups is 1. The smallest absolute Gasteiger partial charge is 0.323 e. The SMILES string of the molecule is CC1COC(=O)C(C(C)C)N1. The highest BCUT2D eigenvalue weighted by Gasteiger charge is 2.29. The van der Waals surface area contributed by atoms with Gasteiger partial charge in [-0.1, -0.05) is 13.8 Å². The van der Waals surface area contributed by atoms with Gasteiger partial charge in [0.1, 0.15) is 12.6 Å². The van der Waals surface area contributed by atoms with Gasteiger partial charge in [-0.3, -0.25) is 10.1 Å². The summed E-state index contributed by atoms with van der Waals surface area (Å²) in [6.45, 7) is 6.54. The molecule has 1 fully saturated rings. The van der Waals surface area contributed by atoms with Crippen molar-refractivity contribution in [3.8, 4) is 0 Å². The molecule has 2 unspecified atom stereocenters. The van der Waals surface area contributed by atoms with Crippen molar-refractivity contribution in [2.24, 2.45) is 5.92 Å². The van der Waals surface area contributed by atoms with Crippen molar-refractivity contribution in [1.29, 1.82) is 0 Å². The predicted molar refractivity (Wildman–Crippen MR) is 42.2 cm³/mol. The third-order valence-electron chi connectivity index (χ3n) is 1.86. The number of rotatable bonds is 1. The van der Waals surface area contributed by atoms with Crippen LogP contribution < -0.4 is 5.32 Å². The Morgan fingerprint density at radius 2 is 2.27 bits per heavy atom. The predicted octanol–water partition coefficient (Wildman–Crippen LogP) is 0.546. The largest absolute Gasteiger partial charge is 0.463 e. The quantitative estimate of drug-likeness (QED) is 0.565. The molecule has 0 amide bonds. The normalized spacial score (nSPS) is 32.2. The minimum absolute atomic E-state index is 0.112. The molecule has 0 aromatic heterocycles. The van der Waals surface area contributed by atoms with E-state index < -0.39 is 0 Å². The third-order valence-corrected chi connectivity index (χ3v) is 1.86. The number of nitrogens with one attached hydrogen (secondary N) is 1. The van der Waals surface area contributed by atoms with E-state index in [-0.39, 0.29) is 12.0 Å². The number of hydrogen-bond acceptors (Lipinski definition) is 3. The van der Waals surface area contributed by atoms with Gasteiger partial charge in [-0.15, -0.1) is 0 Å². The van der Waals surface area contributed by atoms with Crippen LogP contribution >= 0.6 is 0 Å². The molecule has 2 atom stereocenters. The zero-order chi connectivity index (χ0) is 8.43. The van der Waals surface area contributed by atoms with Crippen molar-refractivity contribution in [1.82, 2.24) is 5.32 Å². The highest BCUT2D eigenvalue weighted by atomic mass is 16.5. The average molecular weight is 157 g/mol. The third kappa shape index (κ3) is 1.93. The molecule has 11 heavy (non-hydrogen) atoms. The molecule has 1 N–H and O–H groups in total. The van der Waals surface area contributed by atoms with E-state index in [1.54, 1.807) is 0 Å². The Morgan fingerprint density at radius 3 is 2.73 bits per heavy atom. The zero-order valence-corrected chi connectivity index (χ0v) is 7.26. The van der Waals surface area contributed by atoms with E-state index in [4.69, 9.17) is 4.74 Å². The molecular formula is C8H15NO2. The van der Waals surface area contributed by atoms with E-state index in [1.807, 2.05) is 20.8 Å². The Bertz CT molecular complexity index is 156. The lowest BCUT2D eigenvalue weighted by Crippen LogP contribution is -2.52. The lowest BCUT2D eigenvalue weighted by molar-refractivity contribution is -0.152. The van der Waals surface area contributed by atoms with Crippen molar-refractivity contribution in [3.05, 3.63) is 0 Å². The Morgan fingerprint density at radius 1 is 1.64 bits per heavy atom. The summed E-state index contributed by atoms with van der Waals surface area (Å²) in [6.07, 6.45) is 0. The number of cyclic esters (lactones) is 1. The highest BCUT2D eigenvalue weighted by Crippen LogP contribution is 2.09. The molecular weight excluding hydrogens is 142 g/mol. The molecule has 3 heteroatoms. The van der Waals surface area contributed by atoms with Crippen LogP contribution in [0.15, 0.2) is 0 Å². The van der Waals surface area contributed by atoms with Crippen LogP contribution in [0.3, 0.4) is 0 Å².